The fourth-order valence-corrected chi connectivity index (χ4v) is 2.68. The molecule has 3 heteroatoms. The molecule has 96 valence electrons. The van der Waals surface area contributed by atoms with Crippen LogP contribution in [0.4, 0.5) is 0 Å². The summed E-state index contributed by atoms with van der Waals surface area (Å²) in [6.07, 6.45) is 9.04. The molecule has 1 fully saturated rings. The van der Waals surface area contributed by atoms with Gasteiger partial charge in [0.25, 0.3) is 0 Å². The highest BCUT2D eigenvalue weighted by atomic mass is 32.2. The second kappa shape index (κ2) is 8.37. The van der Waals surface area contributed by atoms with Gasteiger partial charge in [-0.05, 0) is 58.6 Å². The maximum Gasteiger partial charge on any atom is 0.0104 e. The molecule has 2 unspecified atom stereocenters. The van der Waals surface area contributed by atoms with Gasteiger partial charge in [0.1, 0.15) is 0 Å². The smallest absolute Gasteiger partial charge is 0.0104 e. The lowest BCUT2D eigenvalue weighted by molar-refractivity contribution is 0.175. The van der Waals surface area contributed by atoms with Gasteiger partial charge >= 0.3 is 0 Å². The summed E-state index contributed by atoms with van der Waals surface area (Å²) in [5, 5.41) is 4.37. The quantitative estimate of drug-likeness (QED) is 0.693. The number of hydrogen-bond donors (Lipinski definition) is 1. The lowest BCUT2D eigenvalue weighted by atomic mass is 10.0. The molecule has 0 amide bonds. The molecule has 2 atom stereocenters. The maximum atomic E-state index is 3.58. The zero-order valence-corrected chi connectivity index (χ0v) is 12.0. The van der Waals surface area contributed by atoms with Crippen LogP contribution in [0.25, 0.3) is 0 Å². The summed E-state index contributed by atoms with van der Waals surface area (Å²) in [4.78, 5) is 2.54. The van der Waals surface area contributed by atoms with E-state index in [1.165, 1.54) is 51.7 Å². The predicted octanol–water partition coefficient (Wildman–Crippen LogP) is 2.59. The van der Waals surface area contributed by atoms with Crippen LogP contribution in [0.3, 0.4) is 0 Å². The van der Waals surface area contributed by atoms with Crippen LogP contribution in [-0.2, 0) is 0 Å². The summed E-state index contributed by atoms with van der Waals surface area (Å²) in [7, 11) is 2.28. The number of piperidine rings is 1. The first-order valence-electron chi connectivity index (χ1n) is 6.67. The molecule has 1 aliphatic rings. The molecule has 0 aromatic rings. The predicted molar refractivity (Wildman–Crippen MR) is 75.3 cm³/mol. The van der Waals surface area contributed by atoms with Gasteiger partial charge in [0.2, 0.25) is 0 Å². The Kier molecular flexibility index (Phi) is 7.50. The van der Waals surface area contributed by atoms with E-state index in [2.05, 4.69) is 30.4 Å². The minimum atomic E-state index is 0.796. The molecule has 1 saturated heterocycles. The van der Waals surface area contributed by atoms with Gasteiger partial charge < -0.3 is 10.2 Å². The molecule has 1 rings (SSSR count). The van der Waals surface area contributed by atoms with Gasteiger partial charge in [0.15, 0.2) is 0 Å². The van der Waals surface area contributed by atoms with Crippen LogP contribution in [0.15, 0.2) is 0 Å². The first-order chi connectivity index (χ1) is 7.74. The van der Waals surface area contributed by atoms with Crippen molar-refractivity contribution in [1.29, 1.82) is 0 Å². The van der Waals surface area contributed by atoms with Gasteiger partial charge in [-0.15, -0.1) is 0 Å². The molecule has 1 N–H and O–H groups in total. The maximum absolute atomic E-state index is 3.58. The number of nitrogens with zero attached hydrogens (tertiary/aromatic N) is 1. The molecule has 0 radical (unpaired) electrons. The van der Waals surface area contributed by atoms with Crippen molar-refractivity contribution in [2.24, 2.45) is 0 Å². The summed E-state index contributed by atoms with van der Waals surface area (Å²) < 4.78 is 0. The third-order valence-corrected chi connectivity index (χ3v) is 4.75. The molecule has 2 nitrogen and oxygen atoms in total. The van der Waals surface area contributed by atoms with Gasteiger partial charge in [-0.2, -0.15) is 11.8 Å². The lowest BCUT2D eigenvalue weighted by Crippen LogP contribution is -2.38. The summed E-state index contributed by atoms with van der Waals surface area (Å²) in [6, 6.07) is 0.833. The summed E-state index contributed by atoms with van der Waals surface area (Å²) in [6.45, 7) is 5.98. The highest BCUT2D eigenvalue weighted by Gasteiger charge is 2.17. The normalized spacial score (nSPS) is 24.6. The number of rotatable bonds is 7. The molecule has 1 aliphatic heterocycles. The number of nitrogens with one attached hydrogen (secondary N) is 1. The van der Waals surface area contributed by atoms with E-state index in [1.54, 1.807) is 0 Å². The average molecular weight is 244 g/mol. The van der Waals surface area contributed by atoms with Crippen molar-refractivity contribution in [2.45, 2.75) is 50.3 Å². The SMILES string of the molecule is CSC(C)CCNCCC1CCCCN1C. The largest absolute Gasteiger partial charge is 0.317 e. The van der Waals surface area contributed by atoms with Gasteiger partial charge in [0, 0.05) is 11.3 Å². The highest BCUT2D eigenvalue weighted by molar-refractivity contribution is 7.99. The topological polar surface area (TPSA) is 15.3 Å². The van der Waals surface area contributed by atoms with E-state index in [0.29, 0.717) is 0 Å². The Morgan fingerprint density at radius 1 is 1.38 bits per heavy atom. The van der Waals surface area contributed by atoms with E-state index >= 15 is 0 Å². The summed E-state index contributed by atoms with van der Waals surface area (Å²) in [5.74, 6) is 0. The Labute approximate surface area is 106 Å². The highest BCUT2D eigenvalue weighted by Crippen LogP contribution is 2.17. The van der Waals surface area contributed by atoms with Crippen molar-refractivity contribution in [3.05, 3.63) is 0 Å². The van der Waals surface area contributed by atoms with E-state index in [-0.39, 0.29) is 0 Å². The Morgan fingerprint density at radius 2 is 2.19 bits per heavy atom. The lowest BCUT2D eigenvalue weighted by Gasteiger charge is -2.32. The fourth-order valence-electron chi connectivity index (χ4n) is 2.33. The summed E-state index contributed by atoms with van der Waals surface area (Å²) >= 11 is 1.96. The monoisotopic (exact) mass is 244 g/mol. The molecule has 0 aromatic heterocycles. The van der Waals surface area contributed by atoms with Gasteiger partial charge in [-0.25, -0.2) is 0 Å². The standard InChI is InChI=1S/C13H28N2S/c1-12(16-3)7-9-14-10-8-13-6-4-5-11-15(13)2/h12-14H,4-11H2,1-3H3. The third-order valence-electron chi connectivity index (χ3n) is 3.71. The first-order valence-corrected chi connectivity index (χ1v) is 7.96. The molecule has 0 bridgehead atoms. The molecule has 0 aromatic carbocycles. The van der Waals surface area contributed by atoms with Gasteiger partial charge in [-0.1, -0.05) is 13.3 Å². The number of thioether (sulfide) groups is 1. The minimum Gasteiger partial charge on any atom is -0.317 e. The molecule has 0 spiro atoms. The van der Waals surface area contributed by atoms with E-state index in [4.69, 9.17) is 0 Å². The van der Waals surface area contributed by atoms with Crippen LogP contribution in [0.5, 0.6) is 0 Å². The number of hydrogen-bond acceptors (Lipinski definition) is 3. The fraction of sp³-hybridized carbons (Fsp3) is 1.00. The Bertz CT molecular complexity index is 175. The molecular formula is C13H28N2S. The Morgan fingerprint density at radius 3 is 2.88 bits per heavy atom. The van der Waals surface area contributed by atoms with Crippen LogP contribution in [0.2, 0.25) is 0 Å². The molecule has 16 heavy (non-hydrogen) atoms. The van der Waals surface area contributed by atoms with E-state index in [0.717, 1.165) is 11.3 Å². The number of likely N-dealkylation sites (tertiary alicyclic amines) is 1. The molecule has 0 aliphatic carbocycles. The van der Waals surface area contributed by atoms with Gasteiger partial charge in [-0.3, -0.25) is 0 Å². The van der Waals surface area contributed by atoms with Crippen molar-refractivity contribution in [2.75, 3.05) is 32.9 Å². The van der Waals surface area contributed by atoms with E-state index in [1.807, 2.05) is 11.8 Å². The second-order valence-corrected chi connectivity index (χ2v) is 6.28. The molecule has 1 heterocycles. The van der Waals surface area contributed by atoms with Crippen molar-refractivity contribution in [1.82, 2.24) is 10.2 Å². The molecule has 0 saturated carbocycles. The summed E-state index contributed by atoms with van der Waals surface area (Å²) in [5.41, 5.74) is 0. The molecular weight excluding hydrogens is 216 g/mol. The van der Waals surface area contributed by atoms with Crippen molar-refractivity contribution >= 4 is 11.8 Å². The Hall–Kier alpha value is 0.270. The zero-order chi connectivity index (χ0) is 11.8. The third kappa shape index (κ3) is 5.55. The van der Waals surface area contributed by atoms with Gasteiger partial charge in [0.05, 0.1) is 0 Å². The average Bonchev–Trinajstić information content (AvgIpc) is 2.30. The van der Waals surface area contributed by atoms with Crippen molar-refractivity contribution in [3.63, 3.8) is 0 Å². The van der Waals surface area contributed by atoms with Crippen molar-refractivity contribution in [3.8, 4) is 0 Å². The van der Waals surface area contributed by atoms with E-state index < -0.39 is 0 Å². The van der Waals surface area contributed by atoms with Crippen LogP contribution >= 0.6 is 11.8 Å². The first kappa shape index (κ1) is 14.3. The zero-order valence-electron chi connectivity index (χ0n) is 11.2. The Balaban J connectivity index is 1.97. The van der Waals surface area contributed by atoms with Crippen LogP contribution in [0.1, 0.15) is 39.0 Å². The van der Waals surface area contributed by atoms with Crippen LogP contribution in [0, 0.1) is 0 Å². The van der Waals surface area contributed by atoms with Crippen LogP contribution < -0.4 is 5.32 Å². The van der Waals surface area contributed by atoms with Crippen LogP contribution in [-0.4, -0.2) is 49.1 Å². The van der Waals surface area contributed by atoms with E-state index in [9.17, 15) is 0 Å². The van der Waals surface area contributed by atoms with Crippen molar-refractivity contribution < 1.29 is 0 Å². The minimum absolute atomic E-state index is 0.796. The second-order valence-electron chi connectivity index (χ2n) is 5.00.